The first-order valence-electron chi connectivity index (χ1n) is 4.81. The minimum absolute atomic E-state index is 0.214. The average Bonchev–Trinajstić information content (AvgIpc) is 2.34. The summed E-state index contributed by atoms with van der Waals surface area (Å²) in [6.45, 7) is 0.695. The summed E-state index contributed by atoms with van der Waals surface area (Å²) in [6, 6.07) is 0.428. The second-order valence-electron chi connectivity index (χ2n) is 2.87. The zero-order valence-corrected chi connectivity index (χ0v) is 9.36. The molecular weight excluding hydrogens is 208 g/mol. The molecule has 0 aromatic carbocycles. The molecule has 0 saturated heterocycles. The molecule has 86 valence electrons. The van der Waals surface area contributed by atoms with Gasteiger partial charge in [-0.15, -0.1) is 17.3 Å². The van der Waals surface area contributed by atoms with Crippen molar-refractivity contribution in [1.82, 2.24) is 15.0 Å². The van der Waals surface area contributed by atoms with Crippen LogP contribution in [0.4, 0.5) is 5.95 Å². The third-order valence-corrected chi connectivity index (χ3v) is 1.74. The van der Waals surface area contributed by atoms with E-state index in [-0.39, 0.29) is 12.0 Å². The number of aromatic nitrogens is 3. The van der Waals surface area contributed by atoms with Crippen LogP contribution < -0.4 is 14.8 Å². The molecule has 6 nitrogen and oxygen atoms in total. The highest BCUT2D eigenvalue weighted by Gasteiger charge is 2.05. The van der Waals surface area contributed by atoms with E-state index in [2.05, 4.69) is 26.2 Å². The molecule has 0 aliphatic rings. The zero-order valence-electron chi connectivity index (χ0n) is 9.36. The Morgan fingerprint density at radius 3 is 2.31 bits per heavy atom. The Kier molecular flexibility index (Phi) is 4.86. The Balaban J connectivity index is 2.61. The van der Waals surface area contributed by atoms with Crippen LogP contribution in [0.5, 0.6) is 12.0 Å². The van der Waals surface area contributed by atoms with Crippen molar-refractivity contribution in [2.75, 3.05) is 26.1 Å². The first-order chi connectivity index (χ1) is 7.80. The Morgan fingerprint density at radius 2 is 1.81 bits per heavy atom. The lowest BCUT2D eigenvalue weighted by Gasteiger charge is -2.06. The molecule has 0 aliphatic heterocycles. The van der Waals surface area contributed by atoms with Crippen LogP contribution in [0, 0.1) is 12.3 Å². The van der Waals surface area contributed by atoms with Gasteiger partial charge in [-0.2, -0.15) is 9.97 Å². The van der Waals surface area contributed by atoms with Gasteiger partial charge in [0.25, 0.3) is 0 Å². The molecule has 0 saturated carbocycles. The summed E-state index contributed by atoms with van der Waals surface area (Å²) in [6.07, 6.45) is 6.71. The lowest BCUT2D eigenvalue weighted by molar-refractivity contribution is 0.341. The average molecular weight is 222 g/mol. The first-order valence-corrected chi connectivity index (χ1v) is 4.81. The Labute approximate surface area is 94.4 Å². The standard InChI is InChI=1S/C10H14N4O2/c1-4-5-6-7-11-8-12-9(15-2)14-10(13-8)16-3/h1H,5-7H2,2-3H3,(H,11,12,13,14). The number of rotatable bonds is 6. The van der Waals surface area contributed by atoms with Crippen LogP contribution in [0.1, 0.15) is 12.8 Å². The summed E-state index contributed by atoms with van der Waals surface area (Å²) in [5.41, 5.74) is 0. The summed E-state index contributed by atoms with van der Waals surface area (Å²) >= 11 is 0. The van der Waals surface area contributed by atoms with Gasteiger partial charge >= 0.3 is 12.0 Å². The van der Waals surface area contributed by atoms with Crippen molar-refractivity contribution in [2.45, 2.75) is 12.8 Å². The fraction of sp³-hybridized carbons (Fsp3) is 0.500. The van der Waals surface area contributed by atoms with Gasteiger partial charge in [0.05, 0.1) is 14.2 Å². The van der Waals surface area contributed by atoms with Crippen molar-refractivity contribution in [2.24, 2.45) is 0 Å². The Morgan fingerprint density at radius 1 is 1.19 bits per heavy atom. The highest BCUT2D eigenvalue weighted by Crippen LogP contribution is 2.11. The van der Waals surface area contributed by atoms with Crippen molar-refractivity contribution in [3.05, 3.63) is 0 Å². The smallest absolute Gasteiger partial charge is 0.324 e. The number of unbranched alkanes of at least 4 members (excludes halogenated alkanes) is 1. The quantitative estimate of drug-likeness (QED) is 0.565. The van der Waals surface area contributed by atoms with Gasteiger partial charge < -0.3 is 14.8 Å². The highest BCUT2D eigenvalue weighted by molar-refractivity contribution is 5.27. The second-order valence-corrected chi connectivity index (χ2v) is 2.87. The summed E-state index contributed by atoms with van der Waals surface area (Å²) in [5, 5.41) is 3.01. The van der Waals surface area contributed by atoms with Crippen LogP contribution in [0.2, 0.25) is 0 Å². The molecule has 0 bridgehead atoms. The molecule has 0 radical (unpaired) electrons. The molecule has 1 N–H and O–H groups in total. The summed E-state index contributed by atoms with van der Waals surface area (Å²) in [4.78, 5) is 11.9. The van der Waals surface area contributed by atoms with Gasteiger partial charge in [-0.25, -0.2) is 0 Å². The summed E-state index contributed by atoms with van der Waals surface area (Å²) in [7, 11) is 2.97. The van der Waals surface area contributed by atoms with E-state index in [0.29, 0.717) is 18.9 Å². The van der Waals surface area contributed by atoms with Gasteiger partial charge in [-0.3, -0.25) is 0 Å². The van der Waals surface area contributed by atoms with Gasteiger partial charge in [0.2, 0.25) is 5.95 Å². The van der Waals surface area contributed by atoms with E-state index in [1.807, 2.05) is 0 Å². The van der Waals surface area contributed by atoms with Crippen LogP contribution >= 0.6 is 0 Å². The molecule has 0 aliphatic carbocycles. The summed E-state index contributed by atoms with van der Waals surface area (Å²) in [5.74, 6) is 2.97. The molecule has 1 aromatic heterocycles. The van der Waals surface area contributed by atoms with Crippen molar-refractivity contribution < 1.29 is 9.47 Å². The minimum atomic E-state index is 0.214. The Hall–Kier alpha value is -2.03. The number of ether oxygens (including phenoxy) is 2. The SMILES string of the molecule is C#CCCCNc1nc(OC)nc(OC)n1. The predicted octanol–water partition coefficient (Wildman–Crippen LogP) is 0.714. The highest BCUT2D eigenvalue weighted by atomic mass is 16.5. The van der Waals surface area contributed by atoms with Gasteiger partial charge in [0.1, 0.15) is 0 Å². The number of hydrogen-bond acceptors (Lipinski definition) is 6. The van der Waals surface area contributed by atoms with Gasteiger partial charge in [-0.1, -0.05) is 0 Å². The molecule has 0 fully saturated rings. The molecule has 1 rings (SSSR count). The van der Waals surface area contributed by atoms with E-state index in [1.165, 1.54) is 14.2 Å². The van der Waals surface area contributed by atoms with Crippen LogP contribution in [-0.4, -0.2) is 35.7 Å². The lowest BCUT2D eigenvalue weighted by Crippen LogP contribution is -2.08. The first kappa shape index (κ1) is 12.0. The number of methoxy groups -OCH3 is 2. The van der Waals surface area contributed by atoms with E-state index in [9.17, 15) is 0 Å². The van der Waals surface area contributed by atoms with Crippen LogP contribution in [0.3, 0.4) is 0 Å². The number of nitrogens with one attached hydrogen (secondary N) is 1. The van der Waals surface area contributed by atoms with E-state index in [4.69, 9.17) is 15.9 Å². The maximum absolute atomic E-state index is 5.14. The van der Waals surface area contributed by atoms with Gasteiger partial charge in [-0.05, 0) is 6.42 Å². The van der Waals surface area contributed by atoms with Crippen molar-refractivity contribution in [3.8, 4) is 24.4 Å². The van der Waals surface area contributed by atoms with Crippen LogP contribution in [0.15, 0.2) is 0 Å². The van der Waals surface area contributed by atoms with Crippen LogP contribution in [0.25, 0.3) is 0 Å². The Bertz CT molecular complexity index is 353. The third-order valence-electron chi connectivity index (χ3n) is 1.74. The molecule has 0 unspecified atom stereocenters. The molecule has 0 amide bonds. The topological polar surface area (TPSA) is 69.2 Å². The van der Waals surface area contributed by atoms with Crippen molar-refractivity contribution in [1.29, 1.82) is 0 Å². The molecule has 1 heterocycles. The van der Waals surface area contributed by atoms with E-state index in [0.717, 1.165) is 6.42 Å². The van der Waals surface area contributed by atoms with E-state index in [1.54, 1.807) is 0 Å². The second kappa shape index (κ2) is 6.45. The fourth-order valence-corrected chi connectivity index (χ4v) is 0.990. The lowest BCUT2D eigenvalue weighted by atomic mass is 10.3. The maximum Gasteiger partial charge on any atom is 0.324 e. The fourth-order valence-electron chi connectivity index (χ4n) is 0.990. The molecule has 6 heteroatoms. The summed E-state index contributed by atoms with van der Waals surface area (Å²) < 4.78 is 9.82. The normalized spacial score (nSPS) is 9.31. The largest absolute Gasteiger partial charge is 0.467 e. The van der Waals surface area contributed by atoms with E-state index < -0.39 is 0 Å². The van der Waals surface area contributed by atoms with Gasteiger partial charge in [0, 0.05) is 13.0 Å². The van der Waals surface area contributed by atoms with Gasteiger partial charge in [0.15, 0.2) is 0 Å². The monoisotopic (exact) mass is 222 g/mol. The zero-order chi connectivity index (χ0) is 11.8. The van der Waals surface area contributed by atoms with Crippen molar-refractivity contribution >= 4 is 5.95 Å². The predicted molar refractivity (Wildman–Crippen MR) is 59.5 cm³/mol. The maximum atomic E-state index is 5.14. The molecular formula is C10H14N4O2. The number of anilines is 1. The number of terminal acetylenes is 1. The number of hydrogen-bond donors (Lipinski definition) is 1. The molecule has 1 aromatic rings. The van der Waals surface area contributed by atoms with Crippen molar-refractivity contribution in [3.63, 3.8) is 0 Å². The molecule has 16 heavy (non-hydrogen) atoms. The number of nitrogens with zero attached hydrogens (tertiary/aromatic N) is 3. The van der Waals surface area contributed by atoms with E-state index >= 15 is 0 Å². The molecule has 0 spiro atoms. The minimum Gasteiger partial charge on any atom is -0.467 e. The van der Waals surface area contributed by atoms with Crippen LogP contribution in [-0.2, 0) is 0 Å². The molecule has 0 atom stereocenters. The third kappa shape index (κ3) is 3.61.